The van der Waals surface area contributed by atoms with Crippen molar-refractivity contribution in [3.05, 3.63) is 82.9 Å². The minimum atomic E-state index is -4.71. The van der Waals surface area contributed by atoms with Crippen LogP contribution in [0.2, 0.25) is 5.02 Å². The van der Waals surface area contributed by atoms with Crippen molar-refractivity contribution in [2.24, 2.45) is 5.92 Å². The van der Waals surface area contributed by atoms with Gasteiger partial charge in [0.25, 0.3) is 0 Å². The summed E-state index contributed by atoms with van der Waals surface area (Å²) in [7, 11) is 0. The third-order valence-corrected chi connectivity index (χ3v) is 8.61. The summed E-state index contributed by atoms with van der Waals surface area (Å²) in [6, 6.07) is 14.7. The molecule has 14 heteroatoms. The topological polar surface area (TPSA) is 104 Å². The predicted molar refractivity (Wildman–Crippen MR) is 162 cm³/mol. The van der Waals surface area contributed by atoms with E-state index in [4.69, 9.17) is 26.1 Å². The number of rotatable bonds is 9. The normalized spacial score (nSPS) is 18.0. The number of aromatic nitrogens is 6. The molecule has 2 aromatic carbocycles. The molecule has 1 atom stereocenters. The Morgan fingerprint density at radius 1 is 0.978 bits per heavy atom. The number of imidazole rings is 1. The lowest BCUT2D eigenvalue weighted by Crippen LogP contribution is -2.38. The van der Waals surface area contributed by atoms with Gasteiger partial charge in [-0.05, 0) is 55.2 Å². The van der Waals surface area contributed by atoms with Gasteiger partial charge in [0.1, 0.15) is 17.8 Å². The lowest BCUT2D eigenvalue weighted by Gasteiger charge is -2.31. The first-order valence-corrected chi connectivity index (χ1v) is 15.6. The van der Waals surface area contributed by atoms with E-state index in [2.05, 4.69) is 34.1 Å². The summed E-state index contributed by atoms with van der Waals surface area (Å²) >= 11 is 6.00. The Morgan fingerprint density at radius 3 is 2.54 bits per heavy atom. The Kier molecular flexibility index (Phi) is 8.62. The molecule has 0 spiro atoms. The maximum absolute atomic E-state index is 13.0. The van der Waals surface area contributed by atoms with Gasteiger partial charge in [-0.1, -0.05) is 28.9 Å². The van der Waals surface area contributed by atoms with Gasteiger partial charge in [-0.25, -0.2) is 9.97 Å². The van der Waals surface area contributed by atoms with E-state index in [1.54, 1.807) is 24.4 Å². The van der Waals surface area contributed by atoms with Crippen molar-refractivity contribution in [2.45, 2.75) is 51.1 Å². The molecule has 0 amide bonds. The monoisotopic (exact) mass is 653 g/mol. The molecule has 2 aliphatic rings. The van der Waals surface area contributed by atoms with Crippen molar-refractivity contribution in [1.29, 1.82) is 0 Å². The van der Waals surface area contributed by atoms with Crippen LogP contribution in [-0.2, 0) is 30.4 Å². The molecule has 5 heterocycles. The van der Waals surface area contributed by atoms with Crippen LogP contribution in [0.5, 0.6) is 5.88 Å². The molecule has 2 saturated heterocycles. The summed E-state index contributed by atoms with van der Waals surface area (Å²) in [6.07, 6.45) is 0.263. The van der Waals surface area contributed by atoms with Gasteiger partial charge >= 0.3 is 12.1 Å². The molecule has 10 nitrogen and oxygen atoms in total. The number of alkyl halides is 3. The highest BCUT2D eigenvalue weighted by molar-refractivity contribution is 6.30. The highest BCUT2D eigenvalue weighted by atomic mass is 35.5. The molecule has 0 aliphatic carbocycles. The van der Waals surface area contributed by atoms with Crippen LogP contribution in [-0.4, -0.2) is 67.0 Å². The molecule has 46 heavy (non-hydrogen) atoms. The van der Waals surface area contributed by atoms with Crippen molar-refractivity contribution < 1.29 is 27.2 Å². The molecular formula is C32H31ClF3N7O3. The minimum Gasteiger partial charge on any atom is -0.474 e. The van der Waals surface area contributed by atoms with Gasteiger partial charge in [0.2, 0.25) is 11.7 Å². The molecule has 2 fully saturated rings. The van der Waals surface area contributed by atoms with Crippen LogP contribution in [0.3, 0.4) is 0 Å². The number of piperidine rings is 1. The van der Waals surface area contributed by atoms with Gasteiger partial charge in [-0.2, -0.15) is 23.1 Å². The number of ether oxygens (including phenoxy) is 2. The second-order valence-corrected chi connectivity index (χ2v) is 12.1. The van der Waals surface area contributed by atoms with E-state index >= 15 is 0 Å². The zero-order valence-corrected chi connectivity index (χ0v) is 25.5. The number of benzene rings is 2. The fourth-order valence-corrected chi connectivity index (χ4v) is 6.08. The summed E-state index contributed by atoms with van der Waals surface area (Å²) < 4.78 is 57.6. The molecule has 0 radical (unpaired) electrons. The van der Waals surface area contributed by atoms with Crippen molar-refractivity contribution >= 4 is 22.6 Å². The smallest absolute Gasteiger partial charge is 0.471 e. The second kappa shape index (κ2) is 13.0. The SMILES string of the molecule is FC(F)(F)c1nc(-c2ccc3c(c2)nc(CN2CCC(Oc4ccnc(Cc5ccc(Cl)cc5)n4)CC2)n3C[C@H]2CCOC2)no1. The van der Waals surface area contributed by atoms with Gasteiger partial charge in [0, 0.05) is 61.4 Å². The molecular weight excluding hydrogens is 623 g/mol. The van der Waals surface area contributed by atoms with Gasteiger partial charge < -0.3 is 18.6 Å². The first-order chi connectivity index (χ1) is 22.3. The molecule has 0 unspecified atom stereocenters. The van der Waals surface area contributed by atoms with E-state index in [1.165, 1.54) is 0 Å². The Bertz CT molecular complexity index is 1800. The molecule has 3 aromatic heterocycles. The highest BCUT2D eigenvalue weighted by Gasteiger charge is 2.38. The Hall–Kier alpha value is -4.07. The van der Waals surface area contributed by atoms with Crippen molar-refractivity contribution in [3.8, 4) is 17.3 Å². The van der Waals surface area contributed by atoms with Crippen LogP contribution in [0.15, 0.2) is 59.3 Å². The number of hydrogen-bond donors (Lipinski definition) is 0. The van der Waals surface area contributed by atoms with E-state index < -0.39 is 12.1 Å². The van der Waals surface area contributed by atoms with Crippen molar-refractivity contribution in [1.82, 2.24) is 34.6 Å². The minimum absolute atomic E-state index is 0.0306. The molecule has 0 saturated carbocycles. The van der Waals surface area contributed by atoms with Crippen LogP contribution in [0, 0.1) is 5.92 Å². The van der Waals surface area contributed by atoms with E-state index in [0.29, 0.717) is 53.3 Å². The summed E-state index contributed by atoms with van der Waals surface area (Å²) in [6.45, 7) is 4.43. The Morgan fingerprint density at radius 2 is 1.80 bits per heavy atom. The lowest BCUT2D eigenvalue weighted by molar-refractivity contribution is -0.159. The Labute approximate surface area is 267 Å². The molecule has 2 aliphatic heterocycles. The van der Waals surface area contributed by atoms with Crippen LogP contribution >= 0.6 is 11.6 Å². The molecule has 240 valence electrons. The first kappa shape index (κ1) is 30.6. The van der Waals surface area contributed by atoms with Crippen molar-refractivity contribution in [2.75, 3.05) is 26.3 Å². The largest absolute Gasteiger partial charge is 0.474 e. The summed E-state index contributed by atoms with van der Waals surface area (Å²) in [5, 5.41) is 4.23. The van der Waals surface area contributed by atoms with E-state index in [9.17, 15) is 13.2 Å². The molecule has 7 rings (SSSR count). The average Bonchev–Trinajstić information content (AvgIpc) is 3.81. The average molecular weight is 654 g/mol. The summed E-state index contributed by atoms with van der Waals surface area (Å²) in [4.78, 5) is 19.9. The Balaban J connectivity index is 1.03. The summed E-state index contributed by atoms with van der Waals surface area (Å²) in [5.41, 5.74) is 3.05. The third kappa shape index (κ3) is 7.01. The number of likely N-dealkylation sites (tertiary alicyclic amines) is 1. The zero-order valence-electron chi connectivity index (χ0n) is 24.8. The molecule has 0 bridgehead atoms. The zero-order chi connectivity index (χ0) is 31.7. The summed E-state index contributed by atoms with van der Waals surface area (Å²) in [5.74, 6) is 1.01. The standard InChI is InChI=1S/C32H31ClF3N7O3/c33-23-4-1-20(2-5-23)15-27-37-11-7-29(39-27)45-24-8-12-42(13-9-24)18-28-38-25-16-22(30-40-31(46-41-30)32(34,35)36)3-6-26(25)43(28)17-21-10-14-44-19-21/h1-7,11,16,21,24H,8-10,12-15,17-19H2/t21-/m1/s1. The van der Waals surface area contributed by atoms with Gasteiger partial charge in [0.05, 0.1) is 24.2 Å². The van der Waals surface area contributed by atoms with Crippen LogP contribution in [0.1, 0.15) is 42.4 Å². The fraction of sp³-hybridized carbons (Fsp3) is 0.406. The quantitative estimate of drug-likeness (QED) is 0.183. The number of nitrogens with zero attached hydrogens (tertiary/aromatic N) is 7. The maximum atomic E-state index is 13.0. The van der Waals surface area contributed by atoms with E-state index in [1.807, 2.05) is 30.3 Å². The number of halogens is 4. The van der Waals surface area contributed by atoms with Gasteiger partial charge in [-0.3, -0.25) is 4.90 Å². The van der Waals surface area contributed by atoms with E-state index in [0.717, 1.165) is 62.4 Å². The van der Waals surface area contributed by atoms with Gasteiger partial charge in [-0.15, -0.1) is 0 Å². The number of fused-ring (bicyclic) bond motifs is 1. The van der Waals surface area contributed by atoms with E-state index in [-0.39, 0.29) is 11.9 Å². The molecule has 0 N–H and O–H groups in total. The predicted octanol–water partition coefficient (Wildman–Crippen LogP) is 6.22. The van der Waals surface area contributed by atoms with Crippen LogP contribution < -0.4 is 4.74 Å². The first-order valence-electron chi connectivity index (χ1n) is 15.2. The van der Waals surface area contributed by atoms with Gasteiger partial charge in [0.15, 0.2) is 0 Å². The lowest BCUT2D eigenvalue weighted by atomic mass is 10.1. The third-order valence-electron chi connectivity index (χ3n) is 8.36. The van der Waals surface area contributed by atoms with Crippen molar-refractivity contribution in [3.63, 3.8) is 0 Å². The molecule has 5 aromatic rings. The fourth-order valence-electron chi connectivity index (χ4n) is 5.96. The van der Waals surface area contributed by atoms with Crippen LogP contribution in [0.4, 0.5) is 13.2 Å². The second-order valence-electron chi connectivity index (χ2n) is 11.7. The maximum Gasteiger partial charge on any atom is 0.471 e. The van der Waals surface area contributed by atoms with Crippen LogP contribution in [0.25, 0.3) is 22.4 Å². The highest BCUT2D eigenvalue weighted by Crippen LogP contribution is 2.31. The number of hydrogen-bond acceptors (Lipinski definition) is 9.